The Labute approximate surface area is 216 Å². The number of methoxy groups -OCH3 is 1. The number of carbonyl (C=O) groups excluding carboxylic acids is 3. The third kappa shape index (κ3) is 6.41. The van der Waals surface area contributed by atoms with Gasteiger partial charge in [-0.2, -0.15) is 0 Å². The van der Waals surface area contributed by atoms with Crippen LogP contribution in [0.15, 0.2) is 48.6 Å². The summed E-state index contributed by atoms with van der Waals surface area (Å²) in [6.45, 7) is 0. The summed E-state index contributed by atoms with van der Waals surface area (Å²) in [6.07, 6.45) is -1.07. The molecule has 202 valence electrons. The lowest BCUT2D eigenvalue weighted by Gasteiger charge is -2.42. The van der Waals surface area contributed by atoms with Gasteiger partial charge in [-0.05, 0) is 60.4 Å². The molecule has 12 nitrogen and oxygen atoms in total. The smallest absolute Gasteiger partial charge is 0.340 e. The summed E-state index contributed by atoms with van der Waals surface area (Å²) in [5.41, 5.74) is -1.76. The summed E-state index contributed by atoms with van der Waals surface area (Å²) in [7, 11) is 1.00. The molecule has 0 saturated heterocycles. The predicted octanol–water partition coefficient (Wildman–Crippen LogP) is 1.12. The number of aliphatic hydroxyl groups excluding tert-OH is 1. The number of phenolic OH excluding ortho intramolecular Hbond substituents is 4. The molecule has 3 rings (SSSR count). The molecule has 0 radical (unpaired) electrons. The van der Waals surface area contributed by atoms with E-state index in [0.29, 0.717) is 11.1 Å². The van der Waals surface area contributed by atoms with Crippen LogP contribution in [0.2, 0.25) is 0 Å². The molecule has 1 fully saturated rings. The summed E-state index contributed by atoms with van der Waals surface area (Å²) in [4.78, 5) is 37.1. The molecule has 2 aromatic carbocycles. The van der Waals surface area contributed by atoms with Gasteiger partial charge in [0.05, 0.1) is 7.11 Å². The second-order valence-electron chi connectivity index (χ2n) is 8.44. The van der Waals surface area contributed by atoms with Crippen LogP contribution in [-0.4, -0.2) is 79.6 Å². The van der Waals surface area contributed by atoms with E-state index in [1.165, 1.54) is 48.6 Å². The molecule has 1 saturated carbocycles. The van der Waals surface area contributed by atoms with Gasteiger partial charge >= 0.3 is 17.9 Å². The Hall–Kier alpha value is -4.55. The van der Waals surface area contributed by atoms with Gasteiger partial charge in [0.25, 0.3) is 0 Å². The Kier molecular flexibility index (Phi) is 8.61. The van der Waals surface area contributed by atoms with Gasteiger partial charge in [0, 0.05) is 12.2 Å². The van der Waals surface area contributed by atoms with Crippen LogP contribution >= 0.6 is 0 Å². The Bertz CT molecular complexity index is 1270. The standard InChI is InChI=1S/C26H26O12/c1-36-25(34)26(35)11-10-20(37-21(31)8-4-14-2-6-16(27)18(29)12-14)23(24(26)33)38-22(32)9-5-15-3-7-17(28)19(30)13-15/h2-9,12-13,20,23-24,27-30,33,35H,10-11H2,1H3/t20-,23+,24+,26-/m1/s1. The van der Waals surface area contributed by atoms with Gasteiger partial charge in [-0.15, -0.1) is 0 Å². The molecule has 4 atom stereocenters. The average Bonchev–Trinajstić information content (AvgIpc) is 2.89. The Morgan fingerprint density at radius 2 is 1.34 bits per heavy atom. The number of benzene rings is 2. The topological polar surface area (TPSA) is 200 Å². The van der Waals surface area contributed by atoms with Gasteiger partial charge in [0.2, 0.25) is 0 Å². The van der Waals surface area contributed by atoms with E-state index in [4.69, 9.17) is 9.47 Å². The van der Waals surface area contributed by atoms with Crippen LogP contribution in [0, 0.1) is 0 Å². The highest BCUT2D eigenvalue weighted by atomic mass is 16.6. The highest BCUT2D eigenvalue weighted by Gasteiger charge is 2.56. The Morgan fingerprint density at radius 1 is 0.842 bits per heavy atom. The minimum absolute atomic E-state index is 0.185. The minimum Gasteiger partial charge on any atom is -0.504 e. The van der Waals surface area contributed by atoms with Gasteiger partial charge in [-0.25, -0.2) is 14.4 Å². The fourth-order valence-corrected chi connectivity index (χ4v) is 3.79. The molecule has 0 aromatic heterocycles. The van der Waals surface area contributed by atoms with Crippen LogP contribution in [0.1, 0.15) is 24.0 Å². The Balaban J connectivity index is 1.77. The van der Waals surface area contributed by atoms with Gasteiger partial charge < -0.3 is 44.8 Å². The largest absolute Gasteiger partial charge is 0.504 e. The van der Waals surface area contributed by atoms with Crippen LogP contribution < -0.4 is 0 Å². The quantitative estimate of drug-likeness (QED) is 0.129. The van der Waals surface area contributed by atoms with Crippen molar-refractivity contribution in [1.82, 2.24) is 0 Å². The van der Waals surface area contributed by atoms with Crippen molar-refractivity contribution in [1.29, 1.82) is 0 Å². The van der Waals surface area contributed by atoms with Crippen LogP contribution in [-0.2, 0) is 28.6 Å². The lowest BCUT2D eigenvalue weighted by molar-refractivity contribution is -0.220. The monoisotopic (exact) mass is 530 g/mol. The molecule has 38 heavy (non-hydrogen) atoms. The number of hydrogen-bond acceptors (Lipinski definition) is 12. The first-order valence-electron chi connectivity index (χ1n) is 11.2. The van der Waals surface area contributed by atoms with Gasteiger partial charge in [-0.3, -0.25) is 0 Å². The molecule has 6 N–H and O–H groups in total. The average molecular weight is 530 g/mol. The van der Waals surface area contributed by atoms with Crippen molar-refractivity contribution in [2.45, 2.75) is 36.8 Å². The number of phenols is 4. The van der Waals surface area contributed by atoms with E-state index in [1.54, 1.807) is 0 Å². The van der Waals surface area contributed by atoms with E-state index in [1.807, 2.05) is 0 Å². The van der Waals surface area contributed by atoms with Crippen molar-refractivity contribution in [3.05, 3.63) is 59.7 Å². The summed E-state index contributed by atoms with van der Waals surface area (Å²) >= 11 is 0. The molecule has 0 amide bonds. The van der Waals surface area contributed by atoms with E-state index in [9.17, 15) is 45.0 Å². The van der Waals surface area contributed by atoms with Gasteiger partial charge in [0.15, 0.2) is 34.7 Å². The maximum Gasteiger partial charge on any atom is 0.340 e. The zero-order chi connectivity index (χ0) is 28.0. The van der Waals surface area contributed by atoms with Crippen LogP contribution in [0.5, 0.6) is 23.0 Å². The van der Waals surface area contributed by atoms with E-state index in [-0.39, 0.29) is 24.3 Å². The second-order valence-corrected chi connectivity index (χ2v) is 8.44. The number of aliphatic hydroxyl groups is 2. The van der Waals surface area contributed by atoms with E-state index >= 15 is 0 Å². The Morgan fingerprint density at radius 3 is 1.82 bits per heavy atom. The first-order valence-corrected chi connectivity index (χ1v) is 11.2. The summed E-state index contributed by atoms with van der Waals surface area (Å²) < 4.78 is 15.1. The van der Waals surface area contributed by atoms with Crippen molar-refractivity contribution >= 4 is 30.1 Å². The number of rotatable bonds is 7. The molecular weight excluding hydrogens is 504 g/mol. The summed E-state index contributed by atoms with van der Waals surface area (Å²) in [6, 6.07) is 7.61. The third-order valence-electron chi connectivity index (χ3n) is 5.86. The van der Waals surface area contributed by atoms with E-state index in [2.05, 4.69) is 4.74 Å². The highest BCUT2D eigenvalue weighted by molar-refractivity contribution is 5.88. The summed E-state index contributed by atoms with van der Waals surface area (Å²) in [5, 5.41) is 59.4. The molecule has 1 aliphatic rings. The molecule has 0 heterocycles. The first-order chi connectivity index (χ1) is 17.9. The molecule has 0 bridgehead atoms. The van der Waals surface area contributed by atoms with Gasteiger partial charge in [-0.1, -0.05) is 12.1 Å². The predicted molar refractivity (Wildman–Crippen MR) is 130 cm³/mol. The number of ether oxygens (including phenoxy) is 3. The maximum absolute atomic E-state index is 12.5. The maximum atomic E-state index is 12.5. The van der Waals surface area contributed by atoms with Crippen molar-refractivity contribution < 1.29 is 59.2 Å². The second kappa shape index (κ2) is 11.7. The van der Waals surface area contributed by atoms with Crippen LogP contribution in [0.4, 0.5) is 0 Å². The molecule has 2 aromatic rings. The lowest BCUT2D eigenvalue weighted by Crippen LogP contribution is -2.63. The lowest BCUT2D eigenvalue weighted by atomic mass is 9.78. The van der Waals surface area contributed by atoms with Crippen LogP contribution in [0.25, 0.3) is 12.2 Å². The zero-order valence-corrected chi connectivity index (χ0v) is 20.1. The minimum atomic E-state index is -2.44. The van der Waals surface area contributed by atoms with E-state index < -0.39 is 53.3 Å². The van der Waals surface area contributed by atoms with Gasteiger partial charge in [0.1, 0.15) is 12.2 Å². The first kappa shape index (κ1) is 28.0. The highest BCUT2D eigenvalue weighted by Crippen LogP contribution is 2.34. The molecule has 12 heteroatoms. The molecule has 0 spiro atoms. The fraction of sp³-hybridized carbons (Fsp3) is 0.269. The third-order valence-corrected chi connectivity index (χ3v) is 5.86. The fourth-order valence-electron chi connectivity index (χ4n) is 3.79. The molecule has 1 aliphatic carbocycles. The van der Waals surface area contributed by atoms with Crippen molar-refractivity contribution in [2.75, 3.05) is 7.11 Å². The van der Waals surface area contributed by atoms with Crippen molar-refractivity contribution in [3.63, 3.8) is 0 Å². The number of aromatic hydroxyl groups is 4. The number of hydrogen-bond donors (Lipinski definition) is 6. The van der Waals surface area contributed by atoms with Crippen molar-refractivity contribution in [3.8, 4) is 23.0 Å². The van der Waals surface area contributed by atoms with Crippen molar-refractivity contribution in [2.24, 2.45) is 0 Å². The molecule has 0 aliphatic heterocycles. The molecule has 0 unspecified atom stereocenters. The zero-order valence-electron chi connectivity index (χ0n) is 20.1. The van der Waals surface area contributed by atoms with E-state index in [0.717, 1.165) is 19.3 Å². The van der Waals surface area contributed by atoms with Crippen LogP contribution in [0.3, 0.4) is 0 Å². The number of esters is 3. The normalized spacial score (nSPS) is 23.3. The summed E-state index contributed by atoms with van der Waals surface area (Å²) in [5.74, 6) is -4.66. The SMILES string of the molecule is COC(=O)[C@@]1(O)CC[C@@H](OC(=O)C=Cc2ccc(O)c(O)c2)[C@H](OC(=O)C=Cc2ccc(O)c(O)c2)[C@@H]1O. The number of carbonyl (C=O) groups is 3. The molecular formula is C26H26O12.